The maximum Gasteiger partial charge on any atom is 0.270 e. The third-order valence-corrected chi connectivity index (χ3v) is 6.82. The van der Waals surface area contributed by atoms with Crippen molar-refractivity contribution < 1.29 is 13.3 Å². The predicted octanol–water partition coefficient (Wildman–Crippen LogP) is 4.26. The number of nitrogens with zero attached hydrogens (tertiary/aromatic N) is 3. The summed E-state index contributed by atoms with van der Waals surface area (Å²) in [5.41, 5.74) is 3.37. The van der Waals surface area contributed by atoms with Crippen molar-refractivity contribution in [3.05, 3.63) is 63.2 Å². The Kier molecular flexibility index (Phi) is 6.83. The molecule has 2 aromatic carbocycles. The van der Waals surface area contributed by atoms with Crippen molar-refractivity contribution in [1.29, 1.82) is 0 Å². The van der Waals surface area contributed by atoms with Gasteiger partial charge in [-0.25, -0.2) is 8.42 Å². The second-order valence-electron chi connectivity index (χ2n) is 6.68. The van der Waals surface area contributed by atoms with E-state index in [1.54, 1.807) is 24.3 Å². The van der Waals surface area contributed by atoms with Gasteiger partial charge >= 0.3 is 0 Å². The van der Waals surface area contributed by atoms with Crippen LogP contribution in [0.5, 0.6) is 0 Å². The van der Waals surface area contributed by atoms with Crippen LogP contribution in [0.4, 0.5) is 11.4 Å². The Labute approximate surface area is 174 Å². The Morgan fingerprint density at radius 1 is 1.07 bits per heavy atom. The van der Waals surface area contributed by atoms with Crippen molar-refractivity contribution in [2.24, 2.45) is 5.10 Å². The lowest BCUT2D eigenvalue weighted by Gasteiger charge is -2.21. The molecule has 3 rings (SSSR count). The van der Waals surface area contributed by atoms with Gasteiger partial charge < -0.3 is 0 Å². The van der Waals surface area contributed by atoms with E-state index in [0.29, 0.717) is 18.1 Å². The lowest BCUT2D eigenvalue weighted by molar-refractivity contribution is -0.385. The summed E-state index contributed by atoms with van der Waals surface area (Å²) < 4.78 is 27.8. The molecule has 0 radical (unpaired) electrons. The third-order valence-electron chi connectivity index (χ3n) is 4.63. The minimum absolute atomic E-state index is 0.151. The fraction of sp³-hybridized carbons (Fsp3) is 0.316. The molecule has 0 saturated carbocycles. The van der Waals surface area contributed by atoms with Gasteiger partial charge in [-0.2, -0.15) is 9.41 Å². The molecule has 0 unspecified atom stereocenters. The number of anilines is 1. The Balaban J connectivity index is 1.92. The van der Waals surface area contributed by atoms with Gasteiger partial charge in [0.25, 0.3) is 5.69 Å². The summed E-state index contributed by atoms with van der Waals surface area (Å²) in [5, 5.41) is 15.9. The molecule has 0 aromatic heterocycles. The van der Waals surface area contributed by atoms with Gasteiger partial charge in [0.2, 0.25) is 10.0 Å². The van der Waals surface area contributed by atoms with Crippen molar-refractivity contribution in [3.8, 4) is 0 Å². The van der Waals surface area contributed by atoms with E-state index in [9.17, 15) is 18.5 Å². The van der Waals surface area contributed by atoms with Gasteiger partial charge in [0.15, 0.2) is 0 Å². The highest BCUT2D eigenvalue weighted by Gasteiger charge is 2.29. The van der Waals surface area contributed by atoms with Crippen LogP contribution in [0.25, 0.3) is 0 Å². The highest BCUT2D eigenvalue weighted by Crippen LogP contribution is 2.30. The molecule has 0 spiro atoms. The maximum absolute atomic E-state index is 13.2. The highest BCUT2D eigenvalue weighted by molar-refractivity contribution is 7.89. The Hall–Kier alpha value is -2.49. The zero-order chi connectivity index (χ0) is 20.9. The average molecular weight is 437 g/mol. The predicted molar refractivity (Wildman–Crippen MR) is 113 cm³/mol. The van der Waals surface area contributed by atoms with Gasteiger partial charge in [0, 0.05) is 30.2 Å². The van der Waals surface area contributed by atoms with Crippen LogP contribution in [0.1, 0.15) is 31.2 Å². The molecule has 2 aromatic rings. The minimum Gasteiger partial charge on any atom is -0.277 e. The van der Waals surface area contributed by atoms with Crippen LogP contribution in [-0.2, 0) is 10.0 Å². The fourth-order valence-corrected chi connectivity index (χ4v) is 4.88. The van der Waals surface area contributed by atoms with E-state index < -0.39 is 14.9 Å². The van der Waals surface area contributed by atoms with Gasteiger partial charge in [-0.1, -0.05) is 36.6 Å². The minimum atomic E-state index is -3.90. The van der Waals surface area contributed by atoms with Crippen LogP contribution in [0, 0.1) is 10.1 Å². The monoisotopic (exact) mass is 436 g/mol. The Morgan fingerprint density at radius 2 is 1.72 bits per heavy atom. The molecule has 1 aliphatic rings. The Bertz CT molecular complexity index is 1000. The van der Waals surface area contributed by atoms with Crippen LogP contribution >= 0.6 is 11.6 Å². The first kappa shape index (κ1) is 21.2. The zero-order valence-corrected chi connectivity index (χ0v) is 17.2. The van der Waals surface area contributed by atoms with E-state index >= 15 is 0 Å². The first-order valence-corrected chi connectivity index (χ1v) is 11.0. The normalized spacial score (nSPS) is 15.9. The number of non-ortho nitro benzene ring substituents is 1. The number of hydrogen-bond donors (Lipinski definition) is 1. The SMILES string of the molecule is O=[N+]([O-])c1ccc(N/N=C/c2ccc(Cl)cc2)c(S(=O)(=O)N2CCCCCC2)c1. The van der Waals surface area contributed by atoms with Crippen molar-refractivity contribution in [2.75, 3.05) is 18.5 Å². The topological polar surface area (TPSA) is 105 Å². The number of benzene rings is 2. The second-order valence-corrected chi connectivity index (χ2v) is 9.02. The molecule has 1 fully saturated rings. The van der Waals surface area contributed by atoms with E-state index in [1.807, 2.05) is 0 Å². The zero-order valence-electron chi connectivity index (χ0n) is 15.6. The smallest absolute Gasteiger partial charge is 0.270 e. The molecule has 1 aliphatic heterocycles. The number of hydrazone groups is 1. The van der Waals surface area contributed by atoms with Crippen molar-refractivity contribution in [3.63, 3.8) is 0 Å². The standard InChI is InChI=1S/C19H21ClN4O4S/c20-16-7-5-15(6-8-16)14-21-22-18-10-9-17(24(25)26)13-19(18)29(27,28)23-11-3-1-2-4-12-23/h5-10,13-14,22H,1-4,11-12H2/b21-14+. The number of halogens is 1. The highest BCUT2D eigenvalue weighted by atomic mass is 35.5. The van der Waals surface area contributed by atoms with Crippen LogP contribution in [0.15, 0.2) is 52.5 Å². The molecule has 29 heavy (non-hydrogen) atoms. The van der Waals surface area contributed by atoms with E-state index in [1.165, 1.54) is 22.7 Å². The first-order valence-electron chi connectivity index (χ1n) is 9.21. The molecule has 0 aliphatic carbocycles. The van der Waals surface area contributed by atoms with E-state index in [2.05, 4.69) is 10.5 Å². The summed E-state index contributed by atoms with van der Waals surface area (Å²) in [7, 11) is -3.90. The van der Waals surface area contributed by atoms with E-state index in [4.69, 9.17) is 11.6 Å². The number of sulfonamides is 1. The maximum atomic E-state index is 13.2. The van der Waals surface area contributed by atoms with Gasteiger partial charge in [0.05, 0.1) is 16.8 Å². The van der Waals surface area contributed by atoms with Gasteiger partial charge in [-0.3, -0.25) is 15.5 Å². The third kappa shape index (κ3) is 5.31. The molecule has 154 valence electrons. The molecule has 1 N–H and O–H groups in total. The summed E-state index contributed by atoms with van der Waals surface area (Å²) >= 11 is 5.85. The average Bonchev–Trinajstić information content (AvgIpc) is 2.99. The molecule has 0 atom stereocenters. The molecular formula is C19H21ClN4O4S. The van der Waals surface area contributed by atoms with Gasteiger partial charge in [-0.15, -0.1) is 0 Å². The van der Waals surface area contributed by atoms with Crippen LogP contribution in [0.2, 0.25) is 5.02 Å². The molecule has 0 bridgehead atoms. The number of nitrogens with one attached hydrogen (secondary N) is 1. The number of hydrogen-bond acceptors (Lipinski definition) is 6. The number of rotatable bonds is 6. The van der Waals surface area contributed by atoms with E-state index in [-0.39, 0.29) is 16.3 Å². The summed E-state index contributed by atoms with van der Waals surface area (Å²) in [6, 6.07) is 10.6. The van der Waals surface area contributed by atoms with E-state index in [0.717, 1.165) is 37.3 Å². The summed E-state index contributed by atoms with van der Waals surface area (Å²) in [4.78, 5) is 10.4. The van der Waals surface area contributed by atoms with Crippen LogP contribution in [0.3, 0.4) is 0 Å². The summed E-state index contributed by atoms with van der Waals surface area (Å²) in [5.74, 6) is 0. The lowest BCUT2D eigenvalue weighted by Crippen LogP contribution is -2.32. The summed E-state index contributed by atoms with van der Waals surface area (Å²) in [6.45, 7) is 0.803. The molecular weight excluding hydrogens is 416 g/mol. The largest absolute Gasteiger partial charge is 0.277 e. The van der Waals surface area contributed by atoms with Crippen molar-refractivity contribution in [1.82, 2.24) is 4.31 Å². The fourth-order valence-electron chi connectivity index (χ4n) is 3.08. The molecule has 1 heterocycles. The number of nitro groups is 1. The van der Waals surface area contributed by atoms with Gasteiger partial charge in [-0.05, 0) is 36.6 Å². The van der Waals surface area contributed by atoms with Crippen molar-refractivity contribution >= 4 is 39.2 Å². The Morgan fingerprint density at radius 3 is 2.34 bits per heavy atom. The molecule has 1 saturated heterocycles. The molecule has 8 nitrogen and oxygen atoms in total. The number of nitro benzene ring substituents is 1. The van der Waals surface area contributed by atoms with Crippen LogP contribution < -0.4 is 5.43 Å². The summed E-state index contributed by atoms with van der Waals surface area (Å²) in [6.07, 6.45) is 4.99. The lowest BCUT2D eigenvalue weighted by atomic mass is 10.2. The van der Waals surface area contributed by atoms with Crippen LogP contribution in [-0.4, -0.2) is 37.0 Å². The second kappa shape index (κ2) is 9.34. The first-order chi connectivity index (χ1) is 13.9. The molecule has 0 amide bonds. The quantitative estimate of drug-likeness (QED) is 0.413. The van der Waals surface area contributed by atoms with Crippen molar-refractivity contribution in [2.45, 2.75) is 30.6 Å². The molecule has 10 heteroatoms. The van der Waals surface area contributed by atoms with Gasteiger partial charge in [0.1, 0.15) is 4.90 Å².